The van der Waals surface area contributed by atoms with Gasteiger partial charge in [0.25, 0.3) is 0 Å². The van der Waals surface area contributed by atoms with Crippen LogP contribution in [0.3, 0.4) is 0 Å². The number of aromatic hydroxyl groups is 1. The average Bonchev–Trinajstić information content (AvgIpc) is 3.18. The number of phenolic OH excluding ortho intramolecular Hbond substituents is 1. The molecule has 1 N–H and O–H groups in total. The molecule has 1 aromatic heterocycles. The van der Waals surface area contributed by atoms with Crippen molar-refractivity contribution < 1.29 is 29.0 Å². The fraction of sp³-hybridized carbons (Fsp3) is 0.533. The zero-order valence-corrected chi connectivity index (χ0v) is 26.9. The molecule has 222 valence electrons. The SMILES string of the molecule is Br.CCC(=CCn1ccn(CC(=O)c2cc(C(C)(C)C)c(O)c(C(C)(C)C)c2)/c1=N/C(=O)OCOC(C)=O)CC. The highest BCUT2D eigenvalue weighted by Gasteiger charge is 2.28. The zero-order chi connectivity index (χ0) is 29.5. The second kappa shape index (κ2) is 14.5. The maximum Gasteiger partial charge on any atom is 0.439 e. The van der Waals surface area contributed by atoms with Gasteiger partial charge < -0.3 is 23.7 Å². The molecule has 0 aliphatic heterocycles. The molecule has 0 bridgehead atoms. The van der Waals surface area contributed by atoms with Crippen LogP contribution in [0.25, 0.3) is 0 Å². The maximum absolute atomic E-state index is 13.6. The Morgan fingerprint density at radius 1 is 0.925 bits per heavy atom. The molecule has 0 atom stereocenters. The minimum absolute atomic E-state index is 0. The summed E-state index contributed by atoms with van der Waals surface area (Å²) in [6.45, 7) is 17.1. The number of rotatable bonds is 9. The van der Waals surface area contributed by atoms with Gasteiger partial charge >= 0.3 is 12.1 Å². The number of ketones is 1. The number of allylic oxidation sites excluding steroid dienone is 2. The van der Waals surface area contributed by atoms with Crippen molar-refractivity contribution >= 4 is 34.8 Å². The van der Waals surface area contributed by atoms with Crippen LogP contribution in [0.2, 0.25) is 0 Å². The summed E-state index contributed by atoms with van der Waals surface area (Å²) >= 11 is 0. The molecule has 0 unspecified atom stereocenters. The highest BCUT2D eigenvalue weighted by atomic mass is 79.9. The zero-order valence-electron chi connectivity index (χ0n) is 25.2. The molecule has 0 aliphatic rings. The summed E-state index contributed by atoms with van der Waals surface area (Å²) in [5.41, 5.74) is 2.56. The lowest BCUT2D eigenvalue weighted by molar-refractivity contribution is -0.148. The summed E-state index contributed by atoms with van der Waals surface area (Å²) in [4.78, 5) is 41.1. The first kappa shape index (κ1) is 34.9. The van der Waals surface area contributed by atoms with Crippen molar-refractivity contribution in [3.63, 3.8) is 0 Å². The number of carbonyl (C=O) groups excluding carboxylic acids is 3. The number of halogens is 1. The number of hydrogen-bond acceptors (Lipinski definition) is 6. The van der Waals surface area contributed by atoms with Gasteiger partial charge in [0, 0.05) is 42.6 Å². The van der Waals surface area contributed by atoms with Crippen LogP contribution in [-0.2, 0) is 38.2 Å². The van der Waals surface area contributed by atoms with E-state index in [4.69, 9.17) is 4.74 Å². The number of phenols is 1. The third kappa shape index (κ3) is 9.50. The summed E-state index contributed by atoms with van der Waals surface area (Å²) in [5.74, 6) is -0.579. The fourth-order valence-corrected chi connectivity index (χ4v) is 4.08. The van der Waals surface area contributed by atoms with Gasteiger partial charge in [-0.3, -0.25) is 9.59 Å². The molecule has 2 aromatic rings. The smallest absolute Gasteiger partial charge is 0.439 e. The van der Waals surface area contributed by atoms with Crippen molar-refractivity contribution in [3.8, 4) is 5.75 Å². The maximum atomic E-state index is 13.6. The van der Waals surface area contributed by atoms with Gasteiger partial charge in [-0.25, -0.2) is 4.79 Å². The van der Waals surface area contributed by atoms with Gasteiger partial charge in [0.2, 0.25) is 12.4 Å². The summed E-state index contributed by atoms with van der Waals surface area (Å²) < 4.78 is 12.9. The highest BCUT2D eigenvalue weighted by Crippen LogP contribution is 2.39. The minimum Gasteiger partial charge on any atom is -0.507 e. The van der Waals surface area contributed by atoms with E-state index in [1.165, 1.54) is 12.5 Å². The van der Waals surface area contributed by atoms with E-state index in [2.05, 4.69) is 29.7 Å². The molecule has 1 amide bonds. The van der Waals surface area contributed by atoms with Crippen LogP contribution in [0, 0.1) is 0 Å². The molecule has 1 heterocycles. The standard InChI is InChI=1S/C30H43N3O6.BrH/c1-10-21(11-2)12-13-32-14-15-33(27(32)31-28(37)39-19-38-20(3)34)18-25(35)22-16-23(29(4,5)6)26(36)24(17-22)30(7,8)9;/h12,14-17,36H,10-11,13,18-19H2,1-9H3;1H/b31-27+;. The van der Waals surface area contributed by atoms with E-state index < -0.39 is 18.9 Å². The van der Waals surface area contributed by atoms with E-state index in [-0.39, 0.29) is 51.5 Å². The Morgan fingerprint density at radius 2 is 1.45 bits per heavy atom. The van der Waals surface area contributed by atoms with E-state index in [1.807, 2.05) is 41.5 Å². The van der Waals surface area contributed by atoms with Crippen LogP contribution in [-0.4, -0.2) is 38.9 Å². The van der Waals surface area contributed by atoms with E-state index >= 15 is 0 Å². The van der Waals surface area contributed by atoms with E-state index in [9.17, 15) is 19.5 Å². The lowest BCUT2D eigenvalue weighted by Gasteiger charge is -2.28. The van der Waals surface area contributed by atoms with Crippen molar-refractivity contribution in [3.05, 3.63) is 58.5 Å². The number of esters is 1. The molecule has 40 heavy (non-hydrogen) atoms. The molecule has 0 aliphatic carbocycles. The molecule has 0 saturated carbocycles. The molecular weight excluding hydrogens is 578 g/mol. The van der Waals surface area contributed by atoms with Crippen LogP contribution < -0.4 is 5.62 Å². The van der Waals surface area contributed by atoms with E-state index in [0.717, 1.165) is 12.8 Å². The lowest BCUT2D eigenvalue weighted by atomic mass is 9.78. The molecule has 9 nitrogen and oxygen atoms in total. The van der Waals surface area contributed by atoms with Crippen LogP contribution in [0.5, 0.6) is 5.75 Å². The van der Waals surface area contributed by atoms with Gasteiger partial charge in [0.15, 0.2) is 5.78 Å². The largest absolute Gasteiger partial charge is 0.507 e. The fourth-order valence-electron chi connectivity index (χ4n) is 4.08. The number of aromatic nitrogens is 2. The van der Waals surface area contributed by atoms with Gasteiger partial charge in [0.1, 0.15) is 5.75 Å². The Kier molecular flexibility index (Phi) is 12.6. The number of carbonyl (C=O) groups is 3. The topological polar surface area (TPSA) is 112 Å². The lowest BCUT2D eigenvalue weighted by Crippen LogP contribution is -2.30. The van der Waals surface area contributed by atoms with Crippen molar-refractivity contribution in [2.75, 3.05) is 6.79 Å². The third-order valence-electron chi connectivity index (χ3n) is 6.42. The number of imidazole rings is 1. The van der Waals surface area contributed by atoms with Crippen molar-refractivity contribution in [1.82, 2.24) is 9.13 Å². The molecule has 2 rings (SSSR count). The van der Waals surface area contributed by atoms with Crippen molar-refractivity contribution in [2.24, 2.45) is 4.99 Å². The van der Waals surface area contributed by atoms with Crippen LogP contribution in [0.15, 0.2) is 41.2 Å². The van der Waals surface area contributed by atoms with E-state index in [1.54, 1.807) is 33.7 Å². The molecule has 10 heteroatoms. The number of amides is 1. The van der Waals surface area contributed by atoms with Gasteiger partial charge in [-0.1, -0.05) is 67.0 Å². The molecule has 0 fully saturated rings. The summed E-state index contributed by atoms with van der Waals surface area (Å²) in [6, 6.07) is 3.48. The van der Waals surface area contributed by atoms with Crippen LogP contribution in [0.1, 0.15) is 96.6 Å². The molecule has 0 spiro atoms. The number of ether oxygens (including phenoxy) is 2. The number of Topliss-reactive ketones (excluding diaryl/α,β-unsaturated/α-hetero) is 1. The van der Waals surface area contributed by atoms with Crippen LogP contribution in [0.4, 0.5) is 4.79 Å². The summed E-state index contributed by atoms with van der Waals surface area (Å²) in [6.07, 6.45) is 6.38. The normalized spacial score (nSPS) is 12.0. The monoisotopic (exact) mass is 621 g/mol. The third-order valence-corrected chi connectivity index (χ3v) is 6.42. The van der Waals surface area contributed by atoms with Gasteiger partial charge in [0.05, 0.1) is 6.54 Å². The number of nitrogens with zero attached hydrogens (tertiary/aromatic N) is 3. The average molecular weight is 623 g/mol. The minimum atomic E-state index is -0.942. The van der Waals surface area contributed by atoms with Crippen molar-refractivity contribution in [1.29, 1.82) is 0 Å². The van der Waals surface area contributed by atoms with Crippen LogP contribution >= 0.6 is 17.0 Å². The second-order valence-electron chi connectivity index (χ2n) is 11.6. The van der Waals surface area contributed by atoms with Gasteiger partial charge in [-0.05, 0) is 35.8 Å². The van der Waals surface area contributed by atoms with Crippen molar-refractivity contribution in [2.45, 2.75) is 99.1 Å². The number of benzene rings is 1. The molecular formula is C30H44BrN3O6. The summed E-state index contributed by atoms with van der Waals surface area (Å²) in [7, 11) is 0. The van der Waals surface area contributed by atoms with E-state index in [0.29, 0.717) is 23.2 Å². The first-order valence-electron chi connectivity index (χ1n) is 13.3. The quantitative estimate of drug-likeness (QED) is 0.151. The van der Waals surface area contributed by atoms with Gasteiger partial charge in [-0.2, -0.15) is 0 Å². The predicted molar refractivity (Wildman–Crippen MR) is 160 cm³/mol. The molecule has 1 aromatic carbocycles. The molecule has 0 saturated heterocycles. The first-order chi connectivity index (χ1) is 18.1. The Balaban J connectivity index is 0.00000800. The Hall–Kier alpha value is -3.14. The highest BCUT2D eigenvalue weighted by molar-refractivity contribution is 8.93. The predicted octanol–water partition coefficient (Wildman–Crippen LogP) is 6.36. The summed E-state index contributed by atoms with van der Waals surface area (Å²) in [5, 5.41) is 11.0. The second-order valence-corrected chi connectivity index (χ2v) is 11.6. The Labute approximate surface area is 247 Å². The Bertz CT molecular complexity index is 1260. The Morgan fingerprint density at radius 3 is 1.93 bits per heavy atom. The van der Waals surface area contributed by atoms with Gasteiger partial charge in [-0.15, -0.1) is 22.0 Å². The number of hydrogen-bond donors (Lipinski definition) is 1. The molecule has 0 radical (unpaired) electrons. The first-order valence-corrected chi connectivity index (χ1v) is 13.3.